The Bertz CT molecular complexity index is 1170. The van der Waals surface area contributed by atoms with E-state index in [-0.39, 0.29) is 6.73 Å². The normalized spacial score (nSPS) is 12.4. The molecule has 0 saturated carbocycles. The lowest BCUT2D eigenvalue weighted by atomic mass is 10.0. The minimum Gasteiger partial charge on any atom is -0.465 e. The lowest BCUT2D eigenvalue weighted by molar-refractivity contribution is 0.0492. The van der Waals surface area contributed by atoms with Crippen LogP contribution in [0.3, 0.4) is 0 Å². The number of imidazole rings is 1. The molecule has 0 aliphatic carbocycles. The van der Waals surface area contributed by atoms with E-state index in [2.05, 4.69) is 48.7 Å². The number of nitrogens with one attached hydrogen (secondary N) is 3. The number of alkyl carbamates (subject to hydrolysis) is 1. The van der Waals surface area contributed by atoms with Gasteiger partial charge in [-0.15, -0.1) is 13.2 Å². The molecule has 0 spiro atoms. The molecule has 2 aromatic rings. The monoisotopic (exact) mass is 571 g/mol. The van der Waals surface area contributed by atoms with Crippen molar-refractivity contribution in [1.82, 2.24) is 20.2 Å². The van der Waals surface area contributed by atoms with Gasteiger partial charge in [0.1, 0.15) is 18.2 Å². The van der Waals surface area contributed by atoms with Crippen molar-refractivity contribution < 1.29 is 24.2 Å². The van der Waals surface area contributed by atoms with Crippen LogP contribution in [0, 0.1) is 0 Å². The van der Waals surface area contributed by atoms with E-state index in [0.717, 1.165) is 17.2 Å². The summed E-state index contributed by atoms with van der Waals surface area (Å²) < 4.78 is 13.5. The van der Waals surface area contributed by atoms with E-state index >= 15 is 0 Å². The number of benzene rings is 1. The Morgan fingerprint density at radius 1 is 1.20 bits per heavy atom. The number of ether oxygens (including phenoxy) is 2. The van der Waals surface area contributed by atoms with Gasteiger partial charge in [0.15, 0.2) is 0 Å². The zero-order valence-electron chi connectivity index (χ0n) is 24.7. The fourth-order valence-corrected chi connectivity index (χ4v) is 4.58. The maximum Gasteiger partial charge on any atom is 0.409 e. The molecular formula is C29H45N5O5Si. The predicted molar refractivity (Wildman–Crippen MR) is 162 cm³/mol. The van der Waals surface area contributed by atoms with Gasteiger partial charge in [-0.05, 0) is 50.9 Å². The average Bonchev–Trinajstić information content (AvgIpc) is 3.23. The van der Waals surface area contributed by atoms with Crippen molar-refractivity contribution in [3.8, 4) is 11.3 Å². The van der Waals surface area contributed by atoms with Crippen molar-refractivity contribution >= 4 is 25.9 Å². The zero-order valence-corrected chi connectivity index (χ0v) is 25.7. The number of anilines is 1. The Labute approximate surface area is 238 Å². The molecular weight excluding hydrogens is 526 g/mol. The third-order valence-corrected chi connectivity index (χ3v) is 7.38. The number of hydrogen-bond donors (Lipinski definition) is 4. The van der Waals surface area contributed by atoms with Crippen LogP contribution in [0.1, 0.15) is 44.6 Å². The van der Waals surface area contributed by atoms with Crippen LogP contribution in [-0.4, -0.2) is 53.7 Å². The van der Waals surface area contributed by atoms with E-state index in [4.69, 9.17) is 14.5 Å². The number of carboxylic acid groups (broad SMARTS) is 1. The molecule has 0 fully saturated rings. The topological polar surface area (TPSA) is 127 Å². The number of aromatic nitrogens is 2. The van der Waals surface area contributed by atoms with Gasteiger partial charge in [-0.25, -0.2) is 14.6 Å². The van der Waals surface area contributed by atoms with Crippen molar-refractivity contribution in [2.45, 2.75) is 77.8 Å². The highest BCUT2D eigenvalue weighted by atomic mass is 28.3. The highest BCUT2D eigenvalue weighted by Crippen LogP contribution is 2.29. The van der Waals surface area contributed by atoms with Crippen molar-refractivity contribution in [3.63, 3.8) is 0 Å². The number of hydrogen-bond acceptors (Lipinski definition) is 6. The highest BCUT2D eigenvalue weighted by molar-refractivity contribution is 6.76. The largest absolute Gasteiger partial charge is 0.465 e. The molecule has 1 unspecified atom stereocenters. The molecule has 0 radical (unpaired) electrons. The third kappa shape index (κ3) is 11.4. The first-order valence-corrected chi connectivity index (χ1v) is 17.1. The van der Waals surface area contributed by atoms with Gasteiger partial charge in [0.25, 0.3) is 0 Å². The van der Waals surface area contributed by atoms with Gasteiger partial charge in [-0.2, -0.15) is 0 Å². The lowest BCUT2D eigenvalue weighted by Crippen LogP contribution is -2.36. The second-order valence-corrected chi connectivity index (χ2v) is 17.4. The van der Waals surface area contributed by atoms with Crippen LogP contribution in [0.5, 0.6) is 0 Å². The molecule has 0 bridgehead atoms. The quantitative estimate of drug-likeness (QED) is 0.111. The van der Waals surface area contributed by atoms with Gasteiger partial charge in [-0.3, -0.25) is 5.32 Å². The molecule has 0 aliphatic rings. The summed E-state index contributed by atoms with van der Waals surface area (Å²) >= 11 is 0. The summed E-state index contributed by atoms with van der Waals surface area (Å²) in [4.78, 5) is 28.9. The molecule has 4 N–H and O–H groups in total. The van der Waals surface area contributed by atoms with Crippen LogP contribution in [0.4, 0.5) is 15.3 Å². The second kappa shape index (κ2) is 14.8. The van der Waals surface area contributed by atoms with Crippen LogP contribution in [0.25, 0.3) is 11.3 Å². The molecule has 10 nitrogen and oxygen atoms in total. The Hall–Kier alpha value is -3.41. The smallest absolute Gasteiger partial charge is 0.409 e. The standard InChI is InChI=1S/C29H45N5O5Si/c1-9-11-24(33-28(37)39-29(3,4)5)26-32-25(19-34(26)20-38-15-16-40(6,7)8)23-13-12-22(31-27(35)36)17-21(23)18-30-14-10-2/h9-10,12-13,17,19,24,30-31H,1-2,11,14-16,18,20H2,3-8H3,(H,33,37)(H,35,36). The SMILES string of the molecule is C=CCNCc1cc(NC(=O)O)ccc1-c1cn(COCC[Si](C)(C)C)c(C(CC=C)NC(=O)OC(C)(C)C)n1. The van der Waals surface area contributed by atoms with Crippen molar-refractivity contribution in [3.05, 3.63) is 61.1 Å². The Kier molecular flexibility index (Phi) is 12.2. The number of carbonyl (C=O) groups excluding carboxylic acids is 1. The first kappa shape index (κ1) is 32.8. The van der Waals surface area contributed by atoms with Crippen LogP contribution in [0.2, 0.25) is 25.7 Å². The summed E-state index contributed by atoms with van der Waals surface area (Å²) in [5, 5.41) is 17.8. The lowest BCUT2D eigenvalue weighted by Gasteiger charge is -2.23. The second-order valence-electron chi connectivity index (χ2n) is 11.7. The molecule has 2 amide bonds. The number of nitrogens with zero attached hydrogens (tertiary/aromatic N) is 2. The number of rotatable bonds is 15. The van der Waals surface area contributed by atoms with Gasteiger partial charge in [0, 0.05) is 45.2 Å². The first-order chi connectivity index (χ1) is 18.7. The zero-order chi connectivity index (χ0) is 29.9. The highest BCUT2D eigenvalue weighted by Gasteiger charge is 2.25. The minimum atomic E-state index is -1.27. The van der Waals surface area contributed by atoms with Crippen LogP contribution < -0.4 is 16.0 Å². The van der Waals surface area contributed by atoms with Crippen LogP contribution in [0.15, 0.2) is 49.7 Å². The van der Waals surface area contributed by atoms with E-state index in [1.807, 2.05) is 37.6 Å². The van der Waals surface area contributed by atoms with Gasteiger partial charge in [0.2, 0.25) is 0 Å². The van der Waals surface area contributed by atoms with Crippen molar-refractivity contribution in [2.75, 3.05) is 18.5 Å². The molecule has 11 heteroatoms. The molecule has 40 heavy (non-hydrogen) atoms. The summed E-state index contributed by atoms with van der Waals surface area (Å²) in [5.74, 6) is 0.603. The van der Waals surface area contributed by atoms with Gasteiger partial charge in [0.05, 0.1) is 11.7 Å². The van der Waals surface area contributed by atoms with E-state index < -0.39 is 31.9 Å². The molecule has 0 saturated heterocycles. The summed E-state index contributed by atoms with van der Waals surface area (Å²) in [5.41, 5.74) is 2.15. The molecule has 0 aliphatic heterocycles. The van der Waals surface area contributed by atoms with E-state index in [9.17, 15) is 14.7 Å². The van der Waals surface area contributed by atoms with Crippen molar-refractivity contribution in [1.29, 1.82) is 0 Å². The number of carbonyl (C=O) groups is 2. The van der Waals surface area contributed by atoms with Gasteiger partial charge < -0.3 is 29.8 Å². The third-order valence-electron chi connectivity index (χ3n) is 5.68. The molecule has 1 aromatic heterocycles. The Balaban J connectivity index is 2.51. The average molecular weight is 572 g/mol. The van der Waals surface area contributed by atoms with Crippen LogP contribution in [-0.2, 0) is 22.7 Å². The Morgan fingerprint density at radius 3 is 2.52 bits per heavy atom. The maximum atomic E-state index is 12.7. The van der Waals surface area contributed by atoms with E-state index in [1.54, 1.807) is 24.3 Å². The molecule has 1 atom stereocenters. The fraction of sp³-hybridized carbons (Fsp3) is 0.483. The molecule has 1 aromatic carbocycles. The van der Waals surface area contributed by atoms with E-state index in [1.165, 1.54) is 0 Å². The molecule has 220 valence electrons. The predicted octanol–water partition coefficient (Wildman–Crippen LogP) is 6.37. The van der Waals surface area contributed by atoms with Gasteiger partial charge >= 0.3 is 12.2 Å². The summed E-state index contributed by atoms with van der Waals surface area (Å²) in [7, 11) is -1.27. The van der Waals surface area contributed by atoms with Gasteiger partial charge in [-0.1, -0.05) is 37.9 Å². The maximum absolute atomic E-state index is 12.7. The molecule has 1 heterocycles. The molecule has 2 rings (SSSR count). The number of amides is 2. The Morgan fingerprint density at radius 2 is 1.93 bits per heavy atom. The summed E-state index contributed by atoms with van der Waals surface area (Å²) in [6.45, 7) is 21.9. The van der Waals surface area contributed by atoms with Crippen molar-refractivity contribution in [2.24, 2.45) is 0 Å². The summed E-state index contributed by atoms with van der Waals surface area (Å²) in [6, 6.07) is 5.83. The fourth-order valence-electron chi connectivity index (χ4n) is 3.83. The van der Waals surface area contributed by atoms with E-state index in [0.29, 0.717) is 43.3 Å². The first-order valence-electron chi connectivity index (χ1n) is 13.4. The summed E-state index contributed by atoms with van der Waals surface area (Å²) in [6.07, 6.45) is 4.12. The van der Waals surface area contributed by atoms with Crippen LogP contribution >= 0.6 is 0 Å². The minimum absolute atomic E-state index is 0.263.